The summed E-state index contributed by atoms with van der Waals surface area (Å²) in [7, 11) is 1.35. The lowest BCUT2D eigenvalue weighted by Gasteiger charge is -2.25. The van der Waals surface area contributed by atoms with E-state index in [9.17, 15) is 14.7 Å². The molecule has 0 aliphatic heterocycles. The molecule has 0 amide bonds. The zero-order valence-corrected chi connectivity index (χ0v) is 12.5. The summed E-state index contributed by atoms with van der Waals surface area (Å²) in [4.78, 5) is 22.8. The van der Waals surface area contributed by atoms with Crippen LogP contribution in [-0.4, -0.2) is 24.2 Å². The zero-order valence-electron chi connectivity index (χ0n) is 12.5. The van der Waals surface area contributed by atoms with Gasteiger partial charge in [0.15, 0.2) is 0 Å². The average molecular weight is 278 g/mol. The topological polar surface area (TPSA) is 63.6 Å². The standard InChI is InChI=1S/C16H22O4/c1-5-11(10-16(2,3)15(18)19)12-7-6-8-13(9-12)14(17)20-4/h6-9,11H,5,10H2,1-4H3,(H,18,19). The van der Waals surface area contributed by atoms with Gasteiger partial charge in [0.25, 0.3) is 0 Å². The van der Waals surface area contributed by atoms with Crippen LogP contribution in [-0.2, 0) is 9.53 Å². The molecule has 0 saturated carbocycles. The van der Waals surface area contributed by atoms with Crippen molar-refractivity contribution in [3.63, 3.8) is 0 Å². The van der Waals surface area contributed by atoms with Crippen molar-refractivity contribution in [2.75, 3.05) is 7.11 Å². The third kappa shape index (κ3) is 3.83. The molecule has 0 bridgehead atoms. The Hall–Kier alpha value is -1.84. The molecular weight excluding hydrogens is 256 g/mol. The molecule has 0 radical (unpaired) electrons. The smallest absolute Gasteiger partial charge is 0.337 e. The van der Waals surface area contributed by atoms with Crippen molar-refractivity contribution < 1.29 is 19.4 Å². The van der Waals surface area contributed by atoms with E-state index < -0.39 is 11.4 Å². The molecule has 0 aliphatic carbocycles. The maximum Gasteiger partial charge on any atom is 0.337 e. The molecule has 1 aromatic carbocycles. The monoisotopic (exact) mass is 278 g/mol. The highest BCUT2D eigenvalue weighted by Crippen LogP contribution is 2.34. The maximum absolute atomic E-state index is 11.6. The van der Waals surface area contributed by atoms with Crippen LogP contribution < -0.4 is 0 Å². The molecule has 0 saturated heterocycles. The van der Waals surface area contributed by atoms with Gasteiger partial charge in [0.1, 0.15) is 0 Å². The van der Waals surface area contributed by atoms with Gasteiger partial charge < -0.3 is 9.84 Å². The Kier molecular flexibility index (Phi) is 5.31. The van der Waals surface area contributed by atoms with Crippen molar-refractivity contribution in [1.82, 2.24) is 0 Å². The summed E-state index contributed by atoms with van der Waals surface area (Å²) < 4.78 is 4.71. The second-order valence-corrected chi connectivity index (χ2v) is 5.62. The fourth-order valence-electron chi connectivity index (χ4n) is 2.24. The number of carbonyl (C=O) groups is 2. The minimum atomic E-state index is -0.805. The molecule has 1 rings (SSSR count). The Labute approximate surface area is 119 Å². The summed E-state index contributed by atoms with van der Waals surface area (Å²) in [5, 5.41) is 9.24. The minimum absolute atomic E-state index is 0.103. The summed E-state index contributed by atoms with van der Waals surface area (Å²) >= 11 is 0. The second kappa shape index (κ2) is 6.55. The first-order valence-electron chi connectivity index (χ1n) is 6.73. The van der Waals surface area contributed by atoms with E-state index >= 15 is 0 Å². The van der Waals surface area contributed by atoms with E-state index in [-0.39, 0.29) is 11.9 Å². The first-order chi connectivity index (χ1) is 9.31. The van der Waals surface area contributed by atoms with Gasteiger partial charge >= 0.3 is 11.9 Å². The number of carboxylic acids is 1. The lowest BCUT2D eigenvalue weighted by atomic mass is 9.78. The minimum Gasteiger partial charge on any atom is -0.481 e. The van der Waals surface area contributed by atoms with Crippen LogP contribution in [0.3, 0.4) is 0 Å². The predicted octanol–water partition coefficient (Wildman–Crippen LogP) is 3.47. The molecule has 4 nitrogen and oxygen atoms in total. The highest BCUT2D eigenvalue weighted by molar-refractivity contribution is 5.89. The van der Waals surface area contributed by atoms with E-state index in [0.29, 0.717) is 12.0 Å². The van der Waals surface area contributed by atoms with Crippen LogP contribution in [0.2, 0.25) is 0 Å². The average Bonchev–Trinajstić information content (AvgIpc) is 2.43. The third-order valence-corrected chi connectivity index (χ3v) is 3.61. The fourth-order valence-corrected chi connectivity index (χ4v) is 2.24. The molecule has 1 atom stereocenters. The van der Waals surface area contributed by atoms with Crippen molar-refractivity contribution in [3.8, 4) is 0 Å². The molecular formula is C16H22O4. The van der Waals surface area contributed by atoms with Gasteiger partial charge in [0.2, 0.25) is 0 Å². The van der Waals surface area contributed by atoms with Crippen LogP contribution in [0.1, 0.15) is 55.5 Å². The molecule has 0 fully saturated rings. The predicted molar refractivity (Wildman–Crippen MR) is 76.8 cm³/mol. The first-order valence-corrected chi connectivity index (χ1v) is 6.73. The van der Waals surface area contributed by atoms with Crippen molar-refractivity contribution in [2.45, 2.75) is 39.5 Å². The summed E-state index contributed by atoms with van der Waals surface area (Å²) in [6, 6.07) is 7.22. The largest absolute Gasteiger partial charge is 0.481 e. The Morgan fingerprint density at radius 1 is 1.35 bits per heavy atom. The molecule has 1 unspecified atom stereocenters. The molecule has 0 aromatic heterocycles. The van der Waals surface area contributed by atoms with Gasteiger partial charge in [-0.1, -0.05) is 19.1 Å². The molecule has 0 spiro atoms. The van der Waals surface area contributed by atoms with Crippen molar-refractivity contribution in [1.29, 1.82) is 0 Å². The number of esters is 1. The zero-order chi connectivity index (χ0) is 15.3. The fraction of sp³-hybridized carbons (Fsp3) is 0.500. The van der Waals surface area contributed by atoms with Gasteiger partial charge in [-0.3, -0.25) is 4.79 Å². The summed E-state index contributed by atoms with van der Waals surface area (Å²) in [5.41, 5.74) is 0.684. The number of carboxylic acid groups (broad SMARTS) is 1. The molecule has 4 heteroatoms. The number of methoxy groups -OCH3 is 1. The van der Waals surface area contributed by atoms with Crippen LogP contribution in [0.15, 0.2) is 24.3 Å². The second-order valence-electron chi connectivity index (χ2n) is 5.62. The Morgan fingerprint density at radius 2 is 2.00 bits per heavy atom. The van der Waals surface area contributed by atoms with Crippen molar-refractivity contribution in [2.24, 2.45) is 5.41 Å². The maximum atomic E-state index is 11.6. The van der Waals surface area contributed by atoms with Crippen molar-refractivity contribution in [3.05, 3.63) is 35.4 Å². The number of aliphatic carboxylic acids is 1. The number of rotatable bonds is 6. The Morgan fingerprint density at radius 3 is 2.50 bits per heavy atom. The molecule has 1 N–H and O–H groups in total. The van der Waals surface area contributed by atoms with Gasteiger partial charge in [0, 0.05) is 0 Å². The molecule has 20 heavy (non-hydrogen) atoms. The summed E-state index contributed by atoms with van der Waals surface area (Å²) in [6.45, 7) is 5.47. The molecule has 1 aromatic rings. The van der Waals surface area contributed by atoms with Gasteiger partial charge in [-0.05, 0) is 50.3 Å². The lowest BCUT2D eigenvalue weighted by molar-refractivity contribution is -0.147. The van der Waals surface area contributed by atoms with E-state index in [4.69, 9.17) is 4.74 Å². The highest BCUT2D eigenvalue weighted by atomic mass is 16.5. The van der Waals surface area contributed by atoms with Crippen LogP contribution in [0, 0.1) is 5.41 Å². The Balaban J connectivity index is 3.01. The lowest BCUT2D eigenvalue weighted by Crippen LogP contribution is -2.26. The number of benzene rings is 1. The van der Waals surface area contributed by atoms with E-state index in [0.717, 1.165) is 12.0 Å². The van der Waals surface area contributed by atoms with E-state index in [1.54, 1.807) is 32.0 Å². The normalized spacial score (nSPS) is 12.8. The van der Waals surface area contributed by atoms with Gasteiger partial charge in [-0.25, -0.2) is 4.79 Å². The van der Waals surface area contributed by atoms with Gasteiger partial charge in [-0.15, -0.1) is 0 Å². The van der Waals surface area contributed by atoms with Gasteiger partial charge in [-0.2, -0.15) is 0 Å². The summed E-state index contributed by atoms with van der Waals surface area (Å²) in [5.74, 6) is -1.08. The number of hydrogen-bond acceptors (Lipinski definition) is 3. The highest BCUT2D eigenvalue weighted by Gasteiger charge is 2.30. The SMILES string of the molecule is CCC(CC(C)(C)C(=O)O)c1cccc(C(=O)OC)c1. The van der Waals surface area contributed by atoms with Crippen molar-refractivity contribution >= 4 is 11.9 Å². The van der Waals surface area contributed by atoms with E-state index in [2.05, 4.69) is 0 Å². The van der Waals surface area contributed by atoms with Gasteiger partial charge in [0.05, 0.1) is 18.1 Å². The number of carbonyl (C=O) groups excluding carboxylic acids is 1. The van der Waals surface area contributed by atoms with E-state index in [1.165, 1.54) is 7.11 Å². The number of hydrogen-bond donors (Lipinski definition) is 1. The third-order valence-electron chi connectivity index (χ3n) is 3.61. The van der Waals surface area contributed by atoms with E-state index in [1.807, 2.05) is 13.0 Å². The molecule has 110 valence electrons. The number of ether oxygens (including phenoxy) is 1. The van der Waals surface area contributed by atoms with Crippen LogP contribution >= 0.6 is 0 Å². The van der Waals surface area contributed by atoms with Crippen LogP contribution in [0.5, 0.6) is 0 Å². The van der Waals surface area contributed by atoms with Crippen LogP contribution in [0.25, 0.3) is 0 Å². The molecule has 0 heterocycles. The first kappa shape index (κ1) is 16.2. The van der Waals surface area contributed by atoms with Crippen LogP contribution in [0.4, 0.5) is 0 Å². The molecule has 0 aliphatic rings. The quantitative estimate of drug-likeness (QED) is 0.809. The summed E-state index contributed by atoms with van der Waals surface area (Å²) in [6.07, 6.45) is 1.35. The Bertz CT molecular complexity index is 491.